The number of rotatable bonds is 9. The highest BCUT2D eigenvalue weighted by Gasteiger charge is 2.27. The monoisotopic (exact) mass is 454 g/mol. The van der Waals surface area contributed by atoms with Crippen molar-refractivity contribution in [1.82, 2.24) is 0 Å². The minimum absolute atomic E-state index is 0.0174. The third kappa shape index (κ3) is 5.66. The van der Waals surface area contributed by atoms with Crippen LogP contribution in [0.2, 0.25) is 0 Å². The molecule has 2 aromatic rings. The number of nitrogens with zero attached hydrogens (tertiary/aromatic N) is 1. The Morgan fingerprint density at radius 2 is 1.71 bits per heavy atom. The summed E-state index contributed by atoms with van der Waals surface area (Å²) in [6.07, 6.45) is 0. The summed E-state index contributed by atoms with van der Waals surface area (Å²) in [5, 5.41) is 13.0. The lowest BCUT2D eigenvalue weighted by atomic mass is 10.1. The average molecular weight is 454 g/mol. The van der Waals surface area contributed by atoms with Crippen molar-refractivity contribution in [2.45, 2.75) is 20.8 Å². The summed E-state index contributed by atoms with van der Waals surface area (Å²) in [5.74, 6) is -4.44. The van der Waals surface area contributed by atoms with E-state index in [1.165, 1.54) is 6.92 Å². The Bertz CT molecular complexity index is 1020. The maximum absolute atomic E-state index is 12.3. The van der Waals surface area contributed by atoms with Gasteiger partial charge in [-0.25, -0.2) is 14.4 Å². The van der Waals surface area contributed by atoms with Crippen LogP contribution < -0.4 is 5.32 Å². The number of hydrogen-bond donors (Lipinski definition) is 1. The van der Waals surface area contributed by atoms with Crippen molar-refractivity contribution in [3.05, 3.63) is 44.0 Å². The van der Waals surface area contributed by atoms with Crippen molar-refractivity contribution in [2.24, 2.45) is 0 Å². The van der Waals surface area contributed by atoms with Gasteiger partial charge in [0.15, 0.2) is 6.61 Å². The first-order valence-electron chi connectivity index (χ1n) is 8.88. The predicted molar refractivity (Wildman–Crippen MR) is 105 cm³/mol. The standard InChI is InChI=1S/C18H18N2O10S/c1-4-27-17(23)13-9(3)14(18(24)28-5-2)31-15(13)19-11(21)8-29-16(22)10-6-7-12(30-10)20(25)26/h6-7H,4-5,8H2,1-3H3,(H,19,21). The second-order valence-corrected chi connectivity index (χ2v) is 6.74. The molecule has 0 aliphatic heterocycles. The van der Waals surface area contributed by atoms with Gasteiger partial charge in [-0.2, -0.15) is 0 Å². The molecular weight excluding hydrogens is 436 g/mol. The van der Waals surface area contributed by atoms with Crippen molar-refractivity contribution >= 4 is 46.0 Å². The van der Waals surface area contributed by atoms with Crippen molar-refractivity contribution in [3.8, 4) is 0 Å². The molecule has 0 saturated carbocycles. The fourth-order valence-electron chi connectivity index (χ4n) is 2.34. The Balaban J connectivity index is 2.14. The van der Waals surface area contributed by atoms with Gasteiger partial charge in [0.25, 0.3) is 5.91 Å². The zero-order valence-electron chi connectivity index (χ0n) is 16.7. The number of anilines is 1. The summed E-state index contributed by atoms with van der Waals surface area (Å²) >= 11 is 0.813. The van der Waals surface area contributed by atoms with Crippen LogP contribution in [0.3, 0.4) is 0 Å². The number of thiophene rings is 1. The summed E-state index contributed by atoms with van der Waals surface area (Å²) in [7, 11) is 0. The van der Waals surface area contributed by atoms with E-state index >= 15 is 0 Å². The largest absolute Gasteiger partial charge is 0.462 e. The highest BCUT2D eigenvalue weighted by Crippen LogP contribution is 2.34. The van der Waals surface area contributed by atoms with E-state index in [1.54, 1.807) is 13.8 Å². The fraction of sp³-hybridized carbons (Fsp3) is 0.333. The summed E-state index contributed by atoms with van der Waals surface area (Å²) in [4.78, 5) is 58.4. The van der Waals surface area contributed by atoms with E-state index in [4.69, 9.17) is 14.2 Å². The number of esters is 3. The van der Waals surface area contributed by atoms with E-state index in [9.17, 15) is 29.3 Å². The molecule has 0 bridgehead atoms. The Morgan fingerprint density at radius 1 is 1.06 bits per heavy atom. The van der Waals surface area contributed by atoms with E-state index in [-0.39, 0.29) is 34.2 Å². The van der Waals surface area contributed by atoms with Crippen molar-refractivity contribution < 1.29 is 42.7 Å². The molecule has 0 radical (unpaired) electrons. The van der Waals surface area contributed by atoms with Crippen LogP contribution in [0.15, 0.2) is 16.5 Å². The maximum Gasteiger partial charge on any atom is 0.433 e. The second kappa shape index (κ2) is 10.3. The molecule has 1 N–H and O–H groups in total. The summed E-state index contributed by atoms with van der Waals surface area (Å²) in [6, 6.07) is 2.00. The Kier molecular flexibility index (Phi) is 7.85. The van der Waals surface area contributed by atoms with E-state index in [0.717, 1.165) is 23.5 Å². The molecular formula is C18H18N2O10S. The number of furan rings is 1. The molecule has 0 aliphatic carbocycles. The van der Waals surface area contributed by atoms with Crippen LogP contribution >= 0.6 is 11.3 Å². The average Bonchev–Trinajstić information content (AvgIpc) is 3.32. The lowest BCUT2D eigenvalue weighted by Gasteiger charge is -2.07. The topological polar surface area (TPSA) is 164 Å². The number of carbonyl (C=O) groups excluding carboxylic acids is 4. The zero-order valence-corrected chi connectivity index (χ0v) is 17.5. The zero-order chi connectivity index (χ0) is 23.1. The Labute approximate surface area is 179 Å². The van der Waals surface area contributed by atoms with Crippen LogP contribution in [0, 0.1) is 17.0 Å². The predicted octanol–water partition coefficient (Wildman–Crippen LogP) is 2.71. The van der Waals surface area contributed by atoms with Gasteiger partial charge in [-0.05, 0) is 32.4 Å². The lowest BCUT2D eigenvalue weighted by Crippen LogP contribution is -2.21. The van der Waals surface area contributed by atoms with Crippen LogP contribution in [0.4, 0.5) is 10.9 Å². The lowest BCUT2D eigenvalue weighted by molar-refractivity contribution is -0.402. The molecule has 0 saturated heterocycles. The van der Waals surface area contributed by atoms with Crippen molar-refractivity contribution in [2.75, 3.05) is 25.1 Å². The number of carbonyl (C=O) groups is 4. The first-order valence-corrected chi connectivity index (χ1v) is 9.70. The number of nitro groups is 1. The number of nitrogens with one attached hydrogen (secondary N) is 1. The van der Waals surface area contributed by atoms with Gasteiger partial charge in [0, 0.05) is 0 Å². The molecule has 0 atom stereocenters. The van der Waals surface area contributed by atoms with Gasteiger partial charge in [0.2, 0.25) is 5.76 Å². The maximum atomic E-state index is 12.3. The molecule has 0 fully saturated rings. The minimum atomic E-state index is -1.09. The molecule has 166 valence electrons. The first kappa shape index (κ1) is 23.5. The van der Waals surface area contributed by atoms with E-state index in [0.29, 0.717) is 0 Å². The van der Waals surface area contributed by atoms with Crippen LogP contribution in [0.25, 0.3) is 0 Å². The molecule has 1 amide bonds. The van der Waals surface area contributed by atoms with E-state index in [2.05, 4.69) is 9.73 Å². The molecule has 2 heterocycles. The van der Waals surface area contributed by atoms with Crippen LogP contribution in [-0.4, -0.2) is 48.6 Å². The van der Waals surface area contributed by atoms with Crippen molar-refractivity contribution in [3.63, 3.8) is 0 Å². The molecule has 2 rings (SSSR count). The first-order chi connectivity index (χ1) is 14.7. The molecule has 0 spiro atoms. The van der Waals surface area contributed by atoms with Gasteiger partial charge in [0.1, 0.15) is 14.8 Å². The second-order valence-electron chi connectivity index (χ2n) is 5.72. The normalized spacial score (nSPS) is 10.3. The van der Waals surface area contributed by atoms with Gasteiger partial charge >= 0.3 is 23.8 Å². The van der Waals surface area contributed by atoms with Crippen LogP contribution in [0.5, 0.6) is 0 Å². The molecule has 13 heteroatoms. The SMILES string of the molecule is CCOC(=O)c1sc(NC(=O)COC(=O)c2ccc([N+](=O)[O-])o2)c(C(=O)OCC)c1C. The van der Waals surface area contributed by atoms with Gasteiger partial charge < -0.3 is 23.9 Å². The van der Waals surface area contributed by atoms with Crippen LogP contribution in [-0.2, 0) is 19.0 Å². The van der Waals surface area contributed by atoms with Gasteiger partial charge in [0.05, 0.1) is 24.8 Å². The van der Waals surface area contributed by atoms with Gasteiger partial charge in [-0.1, -0.05) is 0 Å². The van der Waals surface area contributed by atoms with E-state index in [1.807, 2.05) is 0 Å². The third-order valence-corrected chi connectivity index (χ3v) is 4.83. The highest BCUT2D eigenvalue weighted by molar-refractivity contribution is 7.18. The number of amides is 1. The van der Waals surface area contributed by atoms with Gasteiger partial charge in [-0.15, -0.1) is 11.3 Å². The summed E-state index contributed by atoms with van der Waals surface area (Å²) in [5.41, 5.74) is 0.258. The van der Waals surface area contributed by atoms with Gasteiger partial charge in [-0.3, -0.25) is 14.9 Å². The smallest absolute Gasteiger partial charge is 0.433 e. The van der Waals surface area contributed by atoms with Crippen molar-refractivity contribution in [1.29, 1.82) is 0 Å². The minimum Gasteiger partial charge on any atom is -0.462 e. The molecule has 31 heavy (non-hydrogen) atoms. The Morgan fingerprint density at radius 3 is 2.29 bits per heavy atom. The molecule has 2 aromatic heterocycles. The fourth-order valence-corrected chi connectivity index (χ4v) is 3.45. The quantitative estimate of drug-likeness (QED) is 0.258. The highest BCUT2D eigenvalue weighted by atomic mass is 32.1. The van der Waals surface area contributed by atoms with E-state index < -0.39 is 47.0 Å². The molecule has 0 unspecified atom stereocenters. The summed E-state index contributed by atoms with van der Waals surface area (Å²) in [6.45, 7) is 4.15. The summed E-state index contributed by atoms with van der Waals surface area (Å²) < 4.78 is 19.4. The molecule has 12 nitrogen and oxygen atoms in total. The van der Waals surface area contributed by atoms with Crippen LogP contribution in [0.1, 0.15) is 50.0 Å². The number of hydrogen-bond acceptors (Lipinski definition) is 11. The number of ether oxygens (including phenoxy) is 3. The Hall–Kier alpha value is -3.74. The molecule has 0 aliphatic rings. The third-order valence-electron chi connectivity index (χ3n) is 3.65. The molecule has 0 aromatic carbocycles.